The quantitative estimate of drug-likeness (QED) is 0.561. The van der Waals surface area contributed by atoms with Crippen LogP contribution in [0, 0.1) is 6.20 Å². The molecule has 0 saturated heterocycles. The van der Waals surface area contributed by atoms with Gasteiger partial charge < -0.3 is 0 Å². The number of hydrogen-bond donors (Lipinski definition) is 0. The van der Waals surface area contributed by atoms with Crippen LogP contribution in [0.1, 0.15) is 25.5 Å². The summed E-state index contributed by atoms with van der Waals surface area (Å²) < 4.78 is 0. The molecule has 1 rings (SSSR count). The second-order valence-electron chi connectivity index (χ2n) is 2.23. The van der Waals surface area contributed by atoms with Gasteiger partial charge in [-0.15, -0.1) is 0 Å². The highest BCUT2D eigenvalue weighted by Gasteiger charge is 1.96. The van der Waals surface area contributed by atoms with E-state index in [0.29, 0.717) is 5.92 Å². The Labute approximate surface area is 55.0 Å². The maximum atomic E-state index is 4.06. The molecule has 0 saturated carbocycles. The van der Waals surface area contributed by atoms with Crippen LogP contribution in [0.4, 0.5) is 0 Å². The zero-order valence-corrected chi connectivity index (χ0v) is 5.63. The average Bonchev–Trinajstić information content (AvgIpc) is 1.90. The summed E-state index contributed by atoms with van der Waals surface area (Å²) >= 11 is 0. The minimum Gasteiger partial charge on any atom is -0.257 e. The van der Waals surface area contributed by atoms with E-state index in [1.807, 2.05) is 0 Å². The first kappa shape index (κ1) is 6.20. The molecule has 9 heavy (non-hydrogen) atoms. The summed E-state index contributed by atoms with van der Waals surface area (Å²) in [6.07, 6.45) is 5.96. The first-order chi connectivity index (χ1) is 4.30. The van der Waals surface area contributed by atoms with Crippen molar-refractivity contribution in [2.45, 2.75) is 19.8 Å². The van der Waals surface area contributed by atoms with Gasteiger partial charge in [-0.1, -0.05) is 13.8 Å². The minimum atomic E-state index is 0.465. The SMILES string of the molecule is CC(C)c1cn[c]cn1. The van der Waals surface area contributed by atoms with Crippen molar-refractivity contribution < 1.29 is 0 Å². The molecule has 47 valence electrons. The maximum absolute atomic E-state index is 4.06. The van der Waals surface area contributed by atoms with Crippen LogP contribution in [0.5, 0.6) is 0 Å². The molecule has 1 radical (unpaired) electrons. The normalized spacial score (nSPS) is 10.1. The van der Waals surface area contributed by atoms with Crippen molar-refractivity contribution in [1.82, 2.24) is 9.97 Å². The standard InChI is InChI=1S/C7H9N2/c1-6(2)7-5-8-3-4-9-7/h4-6H,1-2H3. The van der Waals surface area contributed by atoms with Crippen molar-refractivity contribution in [3.05, 3.63) is 24.3 Å². The fourth-order valence-electron chi connectivity index (χ4n) is 0.572. The van der Waals surface area contributed by atoms with Crippen molar-refractivity contribution >= 4 is 0 Å². The Morgan fingerprint density at radius 3 is 2.67 bits per heavy atom. The fraction of sp³-hybridized carbons (Fsp3) is 0.429. The van der Waals surface area contributed by atoms with E-state index >= 15 is 0 Å². The zero-order valence-electron chi connectivity index (χ0n) is 5.63. The number of hydrogen-bond acceptors (Lipinski definition) is 2. The molecule has 0 spiro atoms. The van der Waals surface area contributed by atoms with Crippen molar-refractivity contribution in [2.75, 3.05) is 0 Å². The Morgan fingerprint density at radius 1 is 1.56 bits per heavy atom. The molecule has 0 N–H and O–H groups in total. The Hall–Kier alpha value is -0.920. The van der Waals surface area contributed by atoms with Crippen LogP contribution in [0.3, 0.4) is 0 Å². The minimum absolute atomic E-state index is 0.465. The third kappa shape index (κ3) is 1.49. The van der Waals surface area contributed by atoms with Gasteiger partial charge in [0.2, 0.25) is 0 Å². The van der Waals surface area contributed by atoms with Gasteiger partial charge in [0, 0.05) is 6.20 Å². The van der Waals surface area contributed by atoms with E-state index < -0.39 is 0 Å². The zero-order chi connectivity index (χ0) is 6.69. The van der Waals surface area contributed by atoms with Gasteiger partial charge in [-0.05, 0) is 5.92 Å². The van der Waals surface area contributed by atoms with Crippen molar-refractivity contribution in [3.63, 3.8) is 0 Å². The Bertz CT molecular complexity index is 170. The highest BCUT2D eigenvalue weighted by atomic mass is 14.8. The Balaban J connectivity index is 2.85. The van der Waals surface area contributed by atoms with E-state index in [-0.39, 0.29) is 0 Å². The highest BCUT2D eigenvalue weighted by molar-refractivity contribution is 4.98. The molecule has 0 atom stereocenters. The topological polar surface area (TPSA) is 25.8 Å². The van der Waals surface area contributed by atoms with Gasteiger partial charge in [0.1, 0.15) is 6.20 Å². The van der Waals surface area contributed by atoms with E-state index in [4.69, 9.17) is 0 Å². The molecule has 0 aromatic carbocycles. The van der Waals surface area contributed by atoms with Crippen LogP contribution in [0.25, 0.3) is 0 Å². The van der Waals surface area contributed by atoms with E-state index in [0.717, 1.165) is 5.69 Å². The maximum Gasteiger partial charge on any atom is 0.108 e. The Kier molecular flexibility index (Phi) is 1.78. The van der Waals surface area contributed by atoms with Crippen LogP contribution in [-0.4, -0.2) is 9.97 Å². The Morgan fingerprint density at radius 2 is 2.33 bits per heavy atom. The fourth-order valence-corrected chi connectivity index (χ4v) is 0.572. The van der Waals surface area contributed by atoms with Crippen LogP contribution in [-0.2, 0) is 0 Å². The predicted octanol–water partition coefficient (Wildman–Crippen LogP) is 1.40. The van der Waals surface area contributed by atoms with Gasteiger partial charge in [-0.2, -0.15) is 0 Å². The molecule has 1 aromatic rings. The first-order valence-corrected chi connectivity index (χ1v) is 2.98. The third-order valence-electron chi connectivity index (χ3n) is 1.13. The summed E-state index contributed by atoms with van der Waals surface area (Å²) in [6.45, 7) is 4.17. The van der Waals surface area contributed by atoms with Gasteiger partial charge in [-0.25, -0.2) is 0 Å². The van der Waals surface area contributed by atoms with Gasteiger partial charge in [-0.3, -0.25) is 9.97 Å². The molecule has 1 aromatic heterocycles. The van der Waals surface area contributed by atoms with Crippen molar-refractivity contribution in [2.24, 2.45) is 0 Å². The lowest BCUT2D eigenvalue weighted by Gasteiger charge is -1.99. The lowest BCUT2D eigenvalue weighted by atomic mass is 10.1. The summed E-state index contributed by atoms with van der Waals surface area (Å²) in [5.41, 5.74) is 1.02. The van der Waals surface area contributed by atoms with Crippen LogP contribution < -0.4 is 0 Å². The highest BCUT2D eigenvalue weighted by Crippen LogP contribution is 2.06. The summed E-state index contributed by atoms with van der Waals surface area (Å²) in [5, 5.41) is 0. The summed E-state index contributed by atoms with van der Waals surface area (Å²) in [5.74, 6) is 0.465. The molecule has 0 unspecified atom stereocenters. The molecular formula is C7H9N2. The van der Waals surface area contributed by atoms with Gasteiger partial charge in [0.25, 0.3) is 0 Å². The molecule has 2 nitrogen and oxygen atoms in total. The van der Waals surface area contributed by atoms with Crippen molar-refractivity contribution in [3.8, 4) is 0 Å². The summed E-state index contributed by atoms with van der Waals surface area (Å²) in [4.78, 5) is 7.88. The monoisotopic (exact) mass is 121 g/mol. The largest absolute Gasteiger partial charge is 0.257 e. The molecule has 0 aliphatic rings. The molecule has 2 heteroatoms. The second kappa shape index (κ2) is 2.58. The average molecular weight is 121 g/mol. The van der Waals surface area contributed by atoms with E-state index in [1.165, 1.54) is 0 Å². The molecule has 0 fully saturated rings. The molecule has 0 bridgehead atoms. The third-order valence-corrected chi connectivity index (χ3v) is 1.13. The van der Waals surface area contributed by atoms with E-state index in [1.54, 1.807) is 12.4 Å². The molecule has 0 aliphatic carbocycles. The van der Waals surface area contributed by atoms with E-state index in [2.05, 4.69) is 30.0 Å². The van der Waals surface area contributed by atoms with Gasteiger partial charge >= 0.3 is 0 Å². The van der Waals surface area contributed by atoms with Crippen LogP contribution in [0.15, 0.2) is 12.4 Å². The summed E-state index contributed by atoms with van der Waals surface area (Å²) in [7, 11) is 0. The predicted molar refractivity (Wildman–Crippen MR) is 35.0 cm³/mol. The van der Waals surface area contributed by atoms with Gasteiger partial charge in [0.15, 0.2) is 0 Å². The van der Waals surface area contributed by atoms with Crippen LogP contribution in [0.2, 0.25) is 0 Å². The van der Waals surface area contributed by atoms with E-state index in [9.17, 15) is 0 Å². The lowest BCUT2D eigenvalue weighted by Crippen LogP contribution is -1.91. The van der Waals surface area contributed by atoms with Crippen LogP contribution >= 0.6 is 0 Å². The molecule has 1 heterocycles. The molecular weight excluding hydrogens is 112 g/mol. The van der Waals surface area contributed by atoms with Gasteiger partial charge in [0.05, 0.1) is 11.9 Å². The smallest absolute Gasteiger partial charge is 0.108 e. The van der Waals surface area contributed by atoms with Crippen molar-refractivity contribution in [1.29, 1.82) is 0 Å². The first-order valence-electron chi connectivity index (χ1n) is 2.98. The molecule has 0 aliphatic heterocycles. The molecule has 0 amide bonds. The number of rotatable bonds is 1. The lowest BCUT2D eigenvalue weighted by molar-refractivity contribution is 0.811. The number of nitrogens with zero attached hydrogens (tertiary/aromatic N) is 2. The number of aromatic nitrogens is 2. The second-order valence-corrected chi connectivity index (χ2v) is 2.23. The summed E-state index contributed by atoms with van der Waals surface area (Å²) in [6, 6.07) is 0.